The predicted octanol–water partition coefficient (Wildman–Crippen LogP) is 3.59. The van der Waals surface area contributed by atoms with Crippen LogP contribution in [0, 0.1) is 19.3 Å². The van der Waals surface area contributed by atoms with Gasteiger partial charge in [-0.25, -0.2) is 4.98 Å². The smallest absolute Gasteiger partial charge is 0.255 e. The molecule has 0 radical (unpaired) electrons. The van der Waals surface area contributed by atoms with Gasteiger partial charge in [-0.05, 0) is 44.8 Å². The van der Waals surface area contributed by atoms with E-state index in [4.69, 9.17) is 11.2 Å². The fourth-order valence-electron chi connectivity index (χ4n) is 1.99. The monoisotopic (exact) mass is 353 g/mol. The number of anilines is 1. The molecule has 1 aromatic heterocycles. The quantitative estimate of drug-likeness (QED) is 0.807. The molecular formula is C21H27N3O2. The van der Waals surface area contributed by atoms with Crippen molar-refractivity contribution in [2.75, 3.05) is 32.6 Å². The van der Waals surface area contributed by atoms with Gasteiger partial charge in [0.25, 0.3) is 5.91 Å². The van der Waals surface area contributed by atoms with Gasteiger partial charge in [0, 0.05) is 23.7 Å². The Labute approximate surface area is 156 Å². The van der Waals surface area contributed by atoms with Crippen molar-refractivity contribution in [3.63, 3.8) is 0 Å². The first-order valence-electron chi connectivity index (χ1n) is 8.62. The van der Waals surface area contributed by atoms with Crippen molar-refractivity contribution in [3.05, 3.63) is 53.2 Å². The van der Waals surface area contributed by atoms with Crippen LogP contribution < -0.4 is 10.1 Å². The lowest BCUT2D eigenvalue weighted by atomic mass is 10.1. The van der Waals surface area contributed by atoms with Crippen molar-refractivity contribution in [1.29, 1.82) is 0 Å². The number of amides is 1. The number of likely N-dealkylation sites (N-methyl/N-ethyl adjacent to an activating group) is 1. The van der Waals surface area contributed by atoms with E-state index in [9.17, 15) is 4.79 Å². The first-order valence-corrected chi connectivity index (χ1v) is 8.62. The molecule has 2 rings (SSSR count). The highest BCUT2D eigenvalue weighted by Crippen LogP contribution is 2.15. The number of pyridine rings is 1. The molecule has 1 amide bonds. The van der Waals surface area contributed by atoms with Gasteiger partial charge < -0.3 is 15.0 Å². The molecule has 1 N–H and O–H groups in total. The largest absolute Gasteiger partial charge is 0.476 e. The summed E-state index contributed by atoms with van der Waals surface area (Å²) in [5, 5.41) is 2.80. The molecule has 0 aliphatic carbocycles. The van der Waals surface area contributed by atoms with Gasteiger partial charge in [0.05, 0.1) is 11.9 Å². The lowest BCUT2D eigenvalue weighted by Gasteiger charge is -2.11. The standard InChI is InChI=1S/C19H21N3O2.C2H6/c1-5-15-12-16(7-6-14(15)2)19(23)21-17-8-9-18(20-13-17)24-11-10-22(3)4;1-2/h1,6-9,12-13H,10-11H2,2-4H3,(H,21,23);1-2H3. The molecule has 2 aromatic rings. The second-order valence-corrected chi connectivity index (χ2v) is 5.67. The van der Waals surface area contributed by atoms with Crippen molar-refractivity contribution >= 4 is 11.6 Å². The van der Waals surface area contributed by atoms with Gasteiger partial charge in [-0.15, -0.1) is 6.42 Å². The number of nitrogens with zero attached hydrogens (tertiary/aromatic N) is 2. The average molecular weight is 353 g/mol. The number of rotatable bonds is 6. The number of nitrogens with one attached hydrogen (secondary N) is 1. The second-order valence-electron chi connectivity index (χ2n) is 5.67. The molecule has 1 aromatic carbocycles. The van der Waals surface area contributed by atoms with E-state index in [2.05, 4.69) is 16.2 Å². The Morgan fingerprint density at radius 1 is 1.27 bits per heavy atom. The summed E-state index contributed by atoms with van der Waals surface area (Å²) in [4.78, 5) is 18.5. The van der Waals surface area contributed by atoms with Crippen LogP contribution in [0.2, 0.25) is 0 Å². The van der Waals surface area contributed by atoms with Crippen LogP contribution in [0.5, 0.6) is 5.88 Å². The topological polar surface area (TPSA) is 54.5 Å². The van der Waals surface area contributed by atoms with Gasteiger partial charge >= 0.3 is 0 Å². The molecule has 5 nitrogen and oxygen atoms in total. The van der Waals surface area contributed by atoms with E-state index in [0.717, 1.165) is 12.1 Å². The van der Waals surface area contributed by atoms with E-state index in [1.807, 2.05) is 45.8 Å². The highest BCUT2D eigenvalue weighted by molar-refractivity contribution is 6.04. The van der Waals surface area contributed by atoms with Crippen LogP contribution in [0.4, 0.5) is 5.69 Å². The van der Waals surface area contributed by atoms with E-state index in [1.165, 1.54) is 0 Å². The molecule has 5 heteroatoms. The summed E-state index contributed by atoms with van der Waals surface area (Å²) in [6, 6.07) is 8.78. The van der Waals surface area contributed by atoms with Crippen molar-refractivity contribution in [2.45, 2.75) is 20.8 Å². The molecule has 0 fully saturated rings. The number of aryl methyl sites for hydroxylation is 1. The van der Waals surface area contributed by atoms with Crippen LogP contribution in [-0.2, 0) is 0 Å². The van der Waals surface area contributed by atoms with E-state index in [1.54, 1.807) is 30.5 Å². The highest BCUT2D eigenvalue weighted by Gasteiger charge is 2.08. The van der Waals surface area contributed by atoms with Crippen LogP contribution in [0.1, 0.15) is 35.3 Å². The number of hydrogen-bond acceptors (Lipinski definition) is 4. The first kappa shape index (κ1) is 21.2. The van der Waals surface area contributed by atoms with Gasteiger partial charge in [0.15, 0.2) is 0 Å². The normalized spacial score (nSPS) is 9.73. The first-order chi connectivity index (χ1) is 12.5. The Morgan fingerprint density at radius 3 is 2.58 bits per heavy atom. The van der Waals surface area contributed by atoms with Gasteiger partial charge in [-0.2, -0.15) is 0 Å². The lowest BCUT2D eigenvalue weighted by Crippen LogP contribution is -2.19. The van der Waals surface area contributed by atoms with Gasteiger partial charge in [-0.3, -0.25) is 4.79 Å². The molecule has 0 bridgehead atoms. The van der Waals surface area contributed by atoms with Gasteiger partial charge in [0.2, 0.25) is 5.88 Å². The van der Waals surface area contributed by atoms with E-state index in [-0.39, 0.29) is 5.91 Å². The summed E-state index contributed by atoms with van der Waals surface area (Å²) < 4.78 is 5.52. The summed E-state index contributed by atoms with van der Waals surface area (Å²) in [5.74, 6) is 2.88. The number of aromatic nitrogens is 1. The zero-order chi connectivity index (χ0) is 19.5. The number of terminal acetylenes is 1. The molecule has 1 heterocycles. The molecule has 0 saturated heterocycles. The highest BCUT2D eigenvalue weighted by atomic mass is 16.5. The Balaban J connectivity index is 0.00000163. The Bertz CT molecular complexity index is 747. The van der Waals surface area contributed by atoms with Crippen LogP contribution in [-0.4, -0.2) is 43.0 Å². The Hall–Kier alpha value is -2.84. The number of carbonyl (C=O) groups excluding carboxylic acids is 1. The van der Waals surface area contributed by atoms with Gasteiger partial charge in [-0.1, -0.05) is 25.8 Å². The van der Waals surface area contributed by atoms with Crippen molar-refractivity contribution < 1.29 is 9.53 Å². The van der Waals surface area contributed by atoms with Crippen molar-refractivity contribution in [1.82, 2.24) is 9.88 Å². The van der Waals surface area contributed by atoms with Crippen LogP contribution in [0.3, 0.4) is 0 Å². The summed E-state index contributed by atoms with van der Waals surface area (Å²) in [6.45, 7) is 7.28. The molecule has 0 saturated carbocycles. The summed E-state index contributed by atoms with van der Waals surface area (Å²) in [5.41, 5.74) is 2.79. The van der Waals surface area contributed by atoms with Crippen molar-refractivity contribution in [3.8, 4) is 18.2 Å². The molecule has 0 spiro atoms. The summed E-state index contributed by atoms with van der Waals surface area (Å²) >= 11 is 0. The minimum Gasteiger partial charge on any atom is -0.476 e. The molecule has 26 heavy (non-hydrogen) atoms. The molecule has 138 valence electrons. The molecular weight excluding hydrogens is 326 g/mol. The van der Waals surface area contributed by atoms with Gasteiger partial charge in [0.1, 0.15) is 6.61 Å². The third-order valence-corrected chi connectivity index (χ3v) is 3.44. The van der Waals surface area contributed by atoms with E-state index < -0.39 is 0 Å². The summed E-state index contributed by atoms with van der Waals surface area (Å²) in [7, 11) is 3.96. The van der Waals surface area contributed by atoms with Crippen LogP contribution in [0.25, 0.3) is 0 Å². The predicted molar refractivity (Wildman–Crippen MR) is 107 cm³/mol. The zero-order valence-corrected chi connectivity index (χ0v) is 16.2. The Morgan fingerprint density at radius 2 is 2.00 bits per heavy atom. The number of ether oxygens (including phenoxy) is 1. The maximum Gasteiger partial charge on any atom is 0.255 e. The number of carbonyl (C=O) groups is 1. The molecule has 0 aliphatic rings. The van der Waals surface area contributed by atoms with E-state index in [0.29, 0.717) is 29.3 Å². The minimum absolute atomic E-state index is 0.227. The van der Waals surface area contributed by atoms with E-state index >= 15 is 0 Å². The minimum atomic E-state index is -0.227. The lowest BCUT2D eigenvalue weighted by molar-refractivity contribution is 0.102. The maximum absolute atomic E-state index is 12.3. The molecule has 0 unspecified atom stereocenters. The second kappa shape index (κ2) is 10.9. The molecule has 0 aliphatic heterocycles. The van der Waals surface area contributed by atoms with Crippen molar-refractivity contribution in [2.24, 2.45) is 0 Å². The maximum atomic E-state index is 12.3. The third-order valence-electron chi connectivity index (χ3n) is 3.44. The fourth-order valence-corrected chi connectivity index (χ4v) is 1.99. The van der Waals surface area contributed by atoms with Crippen LogP contribution in [0.15, 0.2) is 36.5 Å². The molecule has 0 atom stereocenters. The zero-order valence-electron chi connectivity index (χ0n) is 16.2. The van der Waals surface area contributed by atoms with Crippen LogP contribution >= 0.6 is 0 Å². The fraction of sp³-hybridized carbons (Fsp3) is 0.333. The average Bonchev–Trinajstić information content (AvgIpc) is 2.65. The third kappa shape index (κ3) is 6.58. The summed E-state index contributed by atoms with van der Waals surface area (Å²) in [6.07, 6.45) is 7.01. The SMILES string of the molecule is C#Cc1cc(C(=O)Nc2ccc(OCCN(C)C)nc2)ccc1C.CC. The number of hydrogen-bond donors (Lipinski definition) is 1. The Kier molecular flexibility index (Phi) is 8.90. The number of benzene rings is 1.